The van der Waals surface area contributed by atoms with Crippen molar-refractivity contribution >= 4 is 53.1 Å². The van der Waals surface area contributed by atoms with Gasteiger partial charge in [0, 0.05) is 11.4 Å². The van der Waals surface area contributed by atoms with Gasteiger partial charge < -0.3 is 20.1 Å². The van der Waals surface area contributed by atoms with Crippen LogP contribution < -0.4 is 20.1 Å². The summed E-state index contributed by atoms with van der Waals surface area (Å²) in [6.07, 6.45) is 0. The Morgan fingerprint density at radius 2 is 1.13 bits per heavy atom. The first-order chi connectivity index (χ1) is 10.7. The summed E-state index contributed by atoms with van der Waals surface area (Å²) >= 11 is 5.30. The summed E-state index contributed by atoms with van der Waals surface area (Å²) in [6, 6.07) is 15.3. The molecule has 23 heavy (non-hydrogen) atoms. The van der Waals surface area contributed by atoms with Gasteiger partial charge in [-0.25, -0.2) is 0 Å². The number of ether oxygens (including phenoxy) is 2. The van der Waals surface area contributed by atoms with Crippen molar-refractivity contribution < 1.29 is 9.47 Å². The molecule has 0 aromatic heterocycles. The van der Waals surface area contributed by atoms with E-state index in [2.05, 4.69) is 10.6 Å². The second kappa shape index (κ2) is 10.3. The van der Waals surface area contributed by atoms with Crippen LogP contribution in [-0.4, -0.2) is 42.8 Å². The van der Waals surface area contributed by atoms with Crippen LogP contribution in [0.2, 0.25) is 0 Å². The van der Waals surface area contributed by atoms with Gasteiger partial charge in [0.05, 0.1) is 13.2 Å². The Labute approximate surface area is 160 Å². The Hall–Kier alpha value is -1.45. The van der Waals surface area contributed by atoms with Gasteiger partial charge in [-0.2, -0.15) is 0 Å². The van der Waals surface area contributed by atoms with Crippen molar-refractivity contribution in [1.82, 2.24) is 0 Å². The van der Waals surface area contributed by atoms with Crippen LogP contribution in [0, 0.1) is 0 Å². The molecular weight excluding hydrogens is 418 g/mol. The van der Waals surface area contributed by atoms with Gasteiger partial charge in [0.25, 0.3) is 0 Å². The van der Waals surface area contributed by atoms with Crippen LogP contribution in [0.1, 0.15) is 13.8 Å². The maximum absolute atomic E-state index is 5.40. The van der Waals surface area contributed by atoms with E-state index in [1.807, 2.05) is 62.4 Å². The van der Waals surface area contributed by atoms with Crippen molar-refractivity contribution in [2.45, 2.75) is 13.8 Å². The summed E-state index contributed by atoms with van der Waals surface area (Å²) in [5.74, 6) is 1.69. The average Bonchev–Trinajstić information content (AvgIpc) is 2.52. The molecule has 0 fully saturated rings. The Balaban J connectivity index is 0.00000264. The molecule has 6 heteroatoms. The van der Waals surface area contributed by atoms with Crippen LogP contribution in [-0.2, 0) is 0 Å². The van der Waals surface area contributed by atoms with E-state index < -0.39 is 0 Å². The van der Waals surface area contributed by atoms with Crippen molar-refractivity contribution in [1.29, 1.82) is 0 Å². The third-order valence-electron chi connectivity index (χ3n) is 2.85. The molecule has 0 aliphatic rings. The van der Waals surface area contributed by atoms with Crippen LogP contribution in [0.5, 0.6) is 11.5 Å². The van der Waals surface area contributed by atoms with Crippen LogP contribution >= 0.6 is 12.2 Å². The molecule has 0 bridgehead atoms. The van der Waals surface area contributed by atoms with Crippen molar-refractivity contribution in [3.05, 3.63) is 48.5 Å². The number of rotatable bonds is 6. The molecule has 0 aliphatic carbocycles. The number of benzene rings is 2. The Kier molecular flexibility index (Phi) is 8.81. The van der Waals surface area contributed by atoms with E-state index >= 15 is 0 Å². The second-order valence-corrected chi connectivity index (χ2v) is 4.90. The monoisotopic (exact) mass is 440 g/mol. The zero-order valence-electron chi connectivity index (χ0n) is 13.5. The van der Waals surface area contributed by atoms with Gasteiger partial charge in [-0.1, -0.05) is 0 Å². The normalized spacial score (nSPS) is 9.48. The van der Waals surface area contributed by atoms with Gasteiger partial charge in [-0.3, -0.25) is 0 Å². The molecule has 0 heterocycles. The molecule has 2 aromatic carbocycles. The molecule has 0 saturated carbocycles. The number of nitrogens with one attached hydrogen (secondary N) is 2. The molecule has 0 amide bonds. The molecule has 2 rings (SSSR count). The average molecular weight is 441 g/mol. The summed E-state index contributed by atoms with van der Waals surface area (Å²) in [6.45, 7) is 5.24. The molecular formula is C17H23N2O2SSb. The first kappa shape index (κ1) is 19.6. The Morgan fingerprint density at radius 3 is 1.43 bits per heavy atom. The van der Waals surface area contributed by atoms with Crippen LogP contribution in [0.3, 0.4) is 0 Å². The molecule has 2 N–H and O–H groups in total. The first-order valence-corrected chi connectivity index (χ1v) is 7.65. The summed E-state index contributed by atoms with van der Waals surface area (Å²) in [5.41, 5.74) is 1.82. The van der Waals surface area contributed by atoms with Gasteiger partial charge in [-0.05, 0) is 74.6 Å². The van der Waals surface area contributed by atoms with E-state index in [1.54, 1.807) is 0 Å². The molecule has 0 aliphatic heterocycles. The number of anilines is 2. The predicted molar refractivity (Wildman–Crippen MR) is 105 cm³/mol. The van der Waals surface area contributed by atoms with Crippen molar-refractivity contribution in [2.24, 2.45) is 0 Å². The SMILES string of the molecule is CCOc1ccc(NC(=S)Nc2ccc(OCC)cc2)cc1.[SbH3]. The van der Waals surface area contributed by atoms with E-state index in [-0.39, 0.29) is 24.4 Å². The second-order valence-electron chi connectivity index (χ2n) is 4.49. The summed E-state index contributed by atoms with van der Waals surface area (Å²) in [4.78, 5) is 0. The predicted octanol–water partition coefficient (Wildman–Crippen LogP) is 3.11. The number of hydrogen-bond acceptors (Lipinski definition) is 3. The van der Waals surface area contributed by atoms with E-state index in [0.717, 1.165) is 22.9 Å². The fourth-order valence-electron chi connectivity index (χ4n) is 1.90. The van der Waals surface area contributed by atoms with E-state index in [0.29, 0.717) is 18.3 Å². The molecule has 2 aromatic rings. The minimum atomic E-state index is 0. The number of thiocarbonyl (C=S) groups is 1. The van der Waals surface area contributed by atoms with E-state index in [4.69, 9.17) is 21.7 Å². The summed E-state index contributed by atoms with van der Waals surface area (Å²) < 4.78 is 10.8. The van der Waals surface area contributed by atoms with Crippen molar-refractivity contribution in [3.8, 4) is 11.5 Å². The first-order valence-electron chi connectivity index (χ1n) is 7.25. The standard InChI is InChI=1S/C17H20N2O2S.Sb.3H/c1-3-20-15-9-5-13(6-10-15)18-17(22)19-14-7-11-16(12-8-14)21-4-2;;;;/h5-12H,3-4H2,1-2H3,(H2,18,19,22);;;;. The molecule has 0 unspecified atom stereocenters. The quantitative estimate of drug-likeness (QED) is 0.533. The molecule has 0 spiro atoms. The molecule has 4 nitrogen and oxygen atoms in total. The van der Waals surface area contributed by atoms with Crippen LogP contribution in [0.15, 0.2) is 48.5 Å². The van der Waals surface area contributed by atoms with Gasteiger partial charge in [0.15, 0.2) is 5.11 Å². The fraction of sp³-hybridized carbons (Fsp3) is 0.235. The topological polar surface area (TPSA) is 42.5 Å². The van der Waals surface area contributed by atoms with Crippen LogP contribution in [0.4, 0.5) is 11.4 Å². The third-order valence-corrected chi connectivity index (χ3v) is 3.05. The maximum atomic E-state index is 5.40. The zero-order chi connectivity index (χ0) is 15.8. The van der Waals surface area contributed by atoms with Crippen molar-refractivity contribution in [2.75, 3.05) is 23.8 Å². The Morgan fingerprint density at radius 1 is 0.783 bits per heavy atom. The minimum absolute atomic E-state index is 0. The molecule has 0 radical (unpaired) electrons. The Bertz CT molecular complexity index is 549. The van der Waals surface area contributed by atoms with Gasteiger partial charge in [-0.15, -0.1) is 0 Å². The molecule has 0 saturated heterocycles. The molecule has 0 atom stereocenters. The van der Waals surface area contributed by atoms with Gasteiger partial charge in [0.1, 0.15) is 11.5 Å². The van der Waals surface area contributed by atoms with E-state index in [9.17, 15) is 0 Å². The zero-order valence-corrected chi connectivity index (χ0v) is 18.3. The van der Waals surface area contributed by atoms with Gasteiger partial charge >= 0.3 is 24.4 Å². The fourth-order valence-corrected chi connectivity index (χ4v) is 2.13. The van der Waals surface area contributed by atoms with E-state index in [1.165, 1.54) is 0 Å². The van der Waals surface area contributed by atoms with Crippen LogP contribution in [0.25, 0.3) is 0 Å². The third kappa shape index (κ3) is 6.67. The molecule has 124 valence electrons. The summed E-state index contributed by atoms with van der Waals surface area (Å²) in [7, 11) is 0. The number of hydrogen-bond donors (Lipinski definition) is 2. The van der Waals surface area contributed by atoms with Gasteiger partial charge in [0.2, 0.25) is 0 Å². The summed E-state index contributed by atoms with van der Waals surface area (Å²) in [5, 5.41) is 6.80. The van der Waals surface area contributed by atoms with Crippen molar-refractivity contribution in [3.63, 3.8) is 0 Å².